The van der Waals surface area contributed by atoms with Crippen LogP contribution < -0.4 is 0 Å². The number of carbonyl (C=O) groups is 2. The second-order valence-corrected chi connectivity index (χ2v) is 8.33. The van der Waals surface area contributed by atoms with Crippen molar-refractivity contribution in [3.63, 3.8) is 0 Å². The van der Waals surface area contributed by atoms with Crippen LogP contribution in [0.15, 0.2) is 0 Å². The summed E-state index contributed by atoms with van der Waals surface area (Å²) in [6.45, 7) is 4.24. The van der Waals surface area contributed by atoms with Gasteiger partial charge in [0.05, 0.1) is 11.8 Å². The van der Waals surface area contributed by atoms with E-state index in [2.05, 4.69) is 6.92 Å². The summed E-state index contributed by atoms with van der Waals surface area (Å²) < 4.78 is 22.8. The van der Waals surface area contributed by atoms with Gasteiger partial charge in [0, 0.05) is 18.9 Å². The van der Waals surface area contributed by atoms with E-state index < -0.39 is 17.3 Å². The number of hydrogen-bond donors (Lipinski definition) is 0. The highest BCUT2D eigenvalue weighted by Crippen LogP contribution is 2.73. The molecule has 3 saturated heterocycles. The minimum absolute atomic E-state index is 0.0153. The molecule has 0 N–H and O–H groups in total. The van der Waals surface area contributed by atoms with Gasteiger partial charge >= 0.3 is 11.9 Å². The van der Waals surface area contributed by atoms with E-state index in [4.69, 9.17) is 18.9 Å². The Labute approximate surface area is 134 Å². The largest absolute Gasteiger partial charge is 0.459 e. The fraction of sp³-hybridized carbons (Fsp3) is 0.882. The van der Waals surface area contributed by atoms with Crippen LogP contribution in [0, 0.1) is 22.7 Å². The Morgan fingerprint density at radius 3 is 2.70 bits per heavy atom. The van der Waals surface area contributed by atoms with Gasteiger partial charge in [-0.25, -0.2) is 0 Å². The smallest absolute Gasteiger partial charge is 0.312 e. The number of epoxide rings is 1. The molecule has 6 nitrogen and oxygen atoms in total. The van der Waals surface area contributed by atoms with Gasteiger partial charge in [-0.05, 0) is 25.2 Å². The summed E-state index contributed by atoms with van der Waals surface area (Å²) >= 11 is 0. The number of carbonyl (C=O) groups excluding carboxylic acids is 2. The van der Waals surface area contributed by atoms with Crippen LogP contribution in [-0.2, 0) is 28.5 Å². The fourth-order valence-corrected chi connectivity index (χ4v) is 6.51. The normalized spacial score (nSPS) is 59.3. The van der Waals surface area contributed by atoms with Crippen molar-refractivity contribution < 1.29 is 28.5 Å². The summed E-state index contributed by atoms with van der Waals surface area (Å²) in [6, 6.07) is 0. The van der Waals surface area contributed by atoms with Crippen LogP contribution >= 0.6 is 0 Å². The Hall–Kier alpha value is -1.14. The number of methoxy groups -OCH3 is 1. The molecule has 2 saturated carbocycles. The predicted octanol–water partition coefficient (Wildman–Crippen LogP) is 1.41. The number of cyclic esters (lactones) is 1. The first-order valence-electron chi connectivity index (χ1n) is 8.49. The highest BCUT2D eigenvalue weighted by atomic mass is 16.8. The maximum Gasteiger partial charge on any atom is 0.312 e. The third-order valence-corrected chi connectivity index (χ3v) is 7.40. The SMILES string of the molecule is COC1OC(=O)CC2C13OC3C1OC(=O)C3(C)CCC[C@@]2(C)C13. The lowest BCUT2D eigenvalue weighted by atomic mass is 9.45. The number of rotatable bonds is 1. The maximum absolute atomic E-state index is 12.6. The summed E-state index contributed by atoms with van der Waals surface area (Å²) in [5.74, 6) is -0.227. The van der Waals surface area contributed by atoms with Crippen molar-refractivity contribution >= 4 is 11.9 Å². The topological polar surface area (TPSA) is 74.4 Å². The molecule has 0 amide bonds. The van der Waals surface area contributed by atoms with Gasteiger partial charge in [-0.2, -0.15) is 0 Å². The Morgan fingerprint density at radius 1 is 1.17 bits per heavy atom. The zero-order chi connectivity index (χ0) is 16.2. The Bertz CT molecular complexity index is 618. The van der Waals surface area contributed by atoms with Gasteiger partial charge in [0.25, 0.3) is 0 Å². The average Bonchev–Trinajstić information content (AvgIpc) is 3.17. The van der Waals surface area contributed by atoms with Crippen LogP contribution in [0.1, 0.15) is 39.5 Å². The van der Waals surface area contributed by atoms with Crippen molar-refractivity contribution in [2.24, 2.45) is 22.7 Å². The molecule has 0 aromatic heterocycles. The third kappa shape index (κ3) is 1.36. The second-order valence-electron chi connectivity index (χ2n) is 8.33. The van der Waals surface area contributed by atoms with E-state index in [-0.39, 0.29) is 41.4 Å². The highest BCUT2D eigenvalue weighted by Gasteiger charge is 2.85. The summed E-state index contributed by atoms with van der Waals surface area (Å²) in [4.78, 5) is 24.7. The van der Waals surface area contributed by atoms with Crippen molar-refractivity contribution in [1.82, 2.24) is 0 Å². The molecule has 126 valence electrons. The molecular weight excluding hydrogens is 300 g/mol. The van der Waals surface area contributed by atoms with Crippen LogP contribution in [0.4, 0.5) is 0 Å². The van der Waals surface area contributed by atoms with Crippen molar-refractivity contribution in [2.75, 3.05) is 7.11 Å². The van der Waals surface area contributed by atoms with Gasteiger partial charge in [-0.15, -0.1) is 0 Å². The van der Waals surface area contributed by atoms with Crippen LogP contribution in [0.5, 0.6) is 0 Å². The molecule has 3 heterocycles. The average molecular weight is 322 g/mol. The van der Waals surface area contributed by atoms with Crippen LogP contribution in [0.3, 0.4) is 0 Å². The minimum Gasteiger partial charge on any atom is -0.459 e. The van der Waals surface area contributed by atoms with Gasteiger partial charge in [0.1, 0.15) is 12.2 Å². The molecule has 0 aromatic carbocycles. The van der Waals surface area contributed by atoms with Gasteiger partial charge < -0.3 is 18.9 Å². The monoisotopic (exact) mass is 322 g/mol. The number of esters is 2. The van der Waals surface area contributed by atoms with Crippen molar-refractivity contribution in [3.05, 3.63) is 0 Å². The lowest BCUT2D eigenvalue weighted by molar-refractivity contribution is -0.231. The quantitative estimate of drug-likeness (QED) is 0.537. The summed E-state index contributed by atoms with van der Waals surface area (Å²) in [7, 11) is 1.54. The molecule has 7 unspecified atom stereocenters. The lowest BCUT2D eigenvalue weighted by Crippen LogP contribution is -2.64. The molecule has 5 fully saturated rings. The minimum atomic E-state index is -0.705. The Balaban J connectivity index is 1.67. The van der Waals surface area contributed by atoms with Crippen LogP contribution in [0.25, 0.3) is 0 Å². The van der Waals surface area contributed by atoms with Gasteiger partial charge in [-0.3, -0.25) is 9.59 Å². The van der Waals surface area contributed by atoms with Gasteiger partial charge in [0.2, 0.25) is 6.29 Å². The molecule has 2 aliphatic carbocycles. The number of fused-ring (bicyclic) bond motifs is 2. The summed E-state index contributed by atoms with van der Waals surface area (Å²) in [5.41, 5.74) is -1.27. The third-order valence-electron chi connectivity index (χ3n) is 7.40. The molecule has 0 aromatic rings. The van der Waals surface area contributed by atoms with Crippen LogP contribution in [-0.4, -0.2) is 43.1 Å². The molecule has 23 heavy (non-hydrogen) atoms. The first-order valence-corrected chi connectivity index (χ1v) is 8.49. The zero-order valence-electron chi connectivity index (χ0n) is 13.7. The predicted molar refractivity (Wildman–Crippen MR) is 76.0 cm³/mol. The van der Waals surface area contributed by atoms with Crippen molar-refractivity contribution in [1.29, 1.82) is 0 Å². The molecule has 3 aliphatic heterocycles. The summed E-state index contributed by atoms with van der Waals surface area (Å²) in [6.07, 6.45) is 1.97. The second kappa shape index (κ2) is 3.91. The molecule has 5 rings (SSSR count). The Kier molecular flexibility index (Phi) is 2.42. The number of hydrogen-bond acceptors (Lipinski definition) is 6. The molecule has 6 heteroatoms. The summed E-state index contributed by atoms with van der Waals surface area (Å²) in [5, 5.41) is 0. The molecule has 1 spiro atoms. The van der Waals surface area contributed by atoms with Crippen LogP contribution in [0.2, 0.25) is 0 Å². The molecule has 8 atom stereocenters. The van der Waals surface area contributed by atoms with E-state index in [0.29, 0.717) is 6.42 Å². The van der Waals surface area contributed by atoms with Gasteiger partial charge in [-0.1, -0.05) is 13.3 Å². The van der Waals surface area contributed by atoms with E-state index in [9.17, 15) is 9.59 Å². The van der Waals surface area contributed by atoms with E-state index >= 15 is 0 Å². The standard InChI is InChI=1S/C17H22O6/c1-15-5-4-6-16(2)11(15)10(22-13(16)19)12-17(23-12)8(15)7-9(18)21-14(17)20-3/h8,10-12,14H,4-7H2,1-3H3/t8?,10?,11?,12?,14?,15-,16?,17?/m1/s1. The zero-order valence-corrected chi connectivity index (χ0v) is 13.7. The van der Waals surface area contributed by atoms with Crippen molar-refractivity contribution in [2.45, 2.75) is 63.6 Å². The lowest BCUT2D eigenvalue weighted by Gasteiger charge is -2.56. The van der Waals surface area contributed by atoms with E-state index in [1.165, 1.54) is 7.11 Å². The van der Waals surface area contributed by atoms with E-state index in [1.807, 2.05) is 6.92 Å². The van der Waals surface area contributed by atoms with E-state index in [1.54, 1.807) is 0 Å². The first-order chi connectivity index (χ1) is 10.9. The van der Waals surface area contributed by atoms with Crippen molar-refractivity contribution in [3.8, 4) is 0 Å². The molecule has 0 radical (unpaired) electrons. The first kappa shape index (κ1) is 14.2. The Morgan fingerprint density at radius 2 is 1.96 bits per heavy atom. The van der Waals surface area contributed by atoms with E-state index in [0.717, 1.165) is 19.3 Å². The number of ether oxygens (including phenoxy) is 4. The molecule has 0 bridgehead atoms. The van der Waals surface area contributed by atoms with Gasteiger partial charge in [0.15, 0.2) is 5.60 Å². The molecule has 5 aliphatic rings. The molecular formula is C17H22O6. The fourth-order valence-electron chi connectivity index (χ4n) is 6.51. The maximum atomic E-state index is 12.6. The highest BCUT2D eigenvalue weighted by molar-refractivity contribution is 5.80.